The van der Waals surface area contributed by atoms with Crippen LogP contribution in [0, 0.1) is 0 Å². The van der Waals surface area contributed by atoms with Crippen molar-refractivity contribution < 1.29 is 11.0 Å². The SMILES string of the molecule is O=C1Nc2ncc(-c3ccc(-c4ncn[nH]4)nc3)nc2N2CCOCC12.[HH]. The number of carbonyl (C=O) groups excluding carboxylic acids is 1. The molecule has 10 nitrogen and oxygen atoms in total. The van der Waals surface area contributed by atoms with Crippen molar-refractivity contribution in [1.29, 1.82) is 0 Å². The summed E-state index contributed by atoms with van der Waals surface area (Å²) >= 11 is 0. The van der Waals surface area contributed by atoms with E-state index in [0.717, 1.165) is 5.56 Å². The lowest BCUT2D eigenvalue weighted by Gasteiger charge is -2.39. The van der Waals surface area contributed by atoms with Crippen molar-refractivity contribution in [2.45, 2.75) is 6.04 Å². The maximum Gasteiger partial charge on any atom is 0.250 e. The van der Waals surface area contributed by atoms with Gasteiger partial charge in [-0.2, -0.15) is 5.10 Å². The van der Waals surface area contributed by atoms with Gasteiger partial charge in [0.2, 0.25) is 0 Å². The van der Waals surface area contributed by atoms with Crippen molar-refractivity contribution in [2.75, 3.05) is 30.0 Å². The van der Waals surface area contributed by atoms with Crippen molar-refractivity contribution in [3.05, 3.63) is 30.9 Å². The zero-order chi connectivity index (χ0) is 17.5. The summed E-state index contributed by atoms with van der Waals surface area (Å²) in [6.45, 7) is 1.51. The molecular weight excluding hydrogens is 336 g/mol. The van der Waals surface area contributed by atoms with Crippen LogP contribution >= 0.6 is 0 Å². The Morgan fingerprint density at radius 3 is 2.96 bits per heavy atom. The van der Waals surface area contributed by atoms with Gasteiger partial charge >= 0.3 is 0 Å². The predicted molar refractivity (Wildman–Crippen MR) is 93.3 cm³/mol. The van der Waals surface area contributed by atoms with E-state index in [1.165, 1.54) is 6.33 Å². The molecule has 5 heterocycles. The van der Waals surface area contributed by atoms with E-state index in [4.69, 9.17) is 9.72 Å². The summed E-state index contributed by atoms with van der Waals surface area (Å²) in [5, 5.41) is 9.40. The van der Waals surface area contributed by atoms with Gasteiger partial charge in [0.1, 0.15) is 18.1 Å². The van der Waals surface area contributed by atoms with Gasteiger partial charge in [0.15, 0.2) is 17.5 Å². The number of aromatic amines is 1. The second kappa shape index (κ2) is 5.85. The highest BCUT2D eigenvalue weighted by Crippen LogP contribution is 2.32. The number of anilines is 2. The smallest absolute Gasteiger partial charge is 0.250 e. The first-order valence-corrected chi connectivity index (χ1v) is 8.14. The lowest BCUT2D eigenvalue weighted by atomic mass is 10.1. The van der Waals surface area contributed by atoms with E-state index in [1.54, 1.807) is 12.4 Å². The van der Waals surface area contributed by atoms with Gasteiger partial charge in [0.05, 0.1) is 25.1 Å². The van der Waals surface area contributed by atoms with Gasteiger partial charge in [0, 0.05) is 19.7 Å². The molecule has 26 heavy (non-hydrogen) atoms. The molecule has 0 bridgehead atoms. The number of nitrogens with one attached hydrogen (secondary N) is 2. The van der Waals surface area contributed by atoms with Crippen LogP contribution in [-0.4, -0.2) is 61.8 Å². The summed E-state index contributed by atoms with van der Waals surface area (Å²) in [6, 6.07) is 3.38. The fourth-order valence-electron chi connectivity index (χ4n) is 3.10. The summed E-state index contributed by atoms with van der Waals surface area (Å²) in [5.74, 6) is 1.63. The topological polar surface area (TPSA) is 122 Å². The molecule has 1 unspecified atom stereocenters. The fourth-order valence-corrected chi connectivity index (χ4v) is 3.10. The van der Waals surface area contributed by atoms with E-state index in [-0.39, 0.29) is 13.4 Å². The van der Waals surface area contributed by atoms with Gasteiger partial charge < -0.3 is 15.0 Å². The third-order valence-corrected chi connectivity index (χ3v) is 4.42. The third-order valence-electron chi connectivity index (χ3n) is 4.42. The number of nitrogens with zero attached hydrogens (tertiary/aromatic N) is 6. The quantitative estimate of drug-likeness (QED) is 0.692. The van der Waals surface area contributed by atoms with E-state index in [9.17, 15) is 4.79 Å². The molecule has 1 amide bonds. The maximum absolute atomic E-state index is 12.2. The highest BCUT2D eigenvalue weighted by molar-refractivity contribution is 6.02. The molecule has 2 N–H and O–H groups in total. The first-order valence-electron chi connectivity index (χ1n) is 8.14. The summed E-state index contributed by atoms with van der Waals surface area (Å²) in [4.78, 5) is 31.7. The molecule has 2 aliphatic heterocycles. The lowest BCUT2D eigenvalue weighted by molar-refractivity contribution is -0.120. The number of fused-ring (bicyclic) bond motifs is 3. The second-order valence-corrected chi connectivity index (χ2v) is 5.97. The number of H-pyrrole nitrogens is 1. The van der Waals surface area contributed by atoms with E-state index < -0.39 is 0 Å². The molecule has 0 aliphatic carbocycles. The molecule has 0 radical (unpaired) electrons. The Kier molecular flexibility index (Phi) is 3.35. The minimum Gasteiger partial charge on any atom is -0.377 e. The van der Waals surface area contributed by atoms with Gasteiger partial charge in [0.25, 0.3) is 5.91 Å². The molecule has 0 saturated carbocycles. The molecule has 3 aromatic heterocycles. The molecule has 1 fully saturated rings. The molecule has 0 spiro atoms. The fraction of sp³-hybridized carbons (Fsp3) is 0.250. The summed E-state index contributed by atoms with van der Waals surface area (Å²) < 4.78 is 5.41. The molecule has 2 aliphatic rings. The van der Waals surface area contributed by atoms with E-state index >= 15 is 0 Å². The zero-order valence-electron chi connectivity index (χ0n) is 13.6. The first kappa shape index (κ1) is 14.9. The Hall–Kier alpha value is -3.40. The number of rotatable bonds is 2. The Morgan fingerprint density at radius 1 is 1.19 bits per heavy atom. The number of aromatic nitrogens is 6. The first-order chi connectivity index (χ1) is 12.8. The van der Waals surface area contributed by atoms with Crippen LogP contribution in [0.5, 0.6) is 0 Å². The van der Waals surface area contributed by atoms with E-state index in [0.29, 0.717) is 48.6 Å². The van der Waals surface area contributed by atoms with Crippen molar-refractivity contribution in [3.63, 3.8) is 0 Å². The Labute approximate surface area is 149 Å². The number of pyridine rings is 1. The molecule has 1 atom stereocenters. The highest BCUT2D eigenvalue weighted by Gasteiger charge is 2.37. The van der Waals surface area contributed by atoms with Gasteiger partial charge in [-0.05, 0) is 12.1 Å². The summed E-state index contributed by atoms with van der Waals surface area (Å²) in [6.07, 6.45) is 4.78. The number of hydrogen-bond donors (Lipinski definition) is 2. The molecule has 132 valence electrons. The molecule has 3 aromatic rings. The Morgan fingerprint density at radius 2 is 2.15 bits per heavy atom. The van der Waals surface area contributed by atoms with Crippen LogP contribution < -0.4 is 10.2 Å². The number of carbonyl (C=O) groups is 1. The molecular formula is C16H16N8O2. The van der Waals surface area contributed by atoms with Gasteiger partial charge in [-0.1, -0.05) is 0 Å². The van der Waals surface area contributed by atoms with Gasteiger partial charge in [-0.3, -0.25) is 14.9 Å². The van der Waals surface area contributed by atoms with Crippen LogP contribution in [0.2, 0.25) is 0 Å². The normalized spacial score (nSPS) is 18.8. The molecule has 5 rings (SSSR count). The van der Waals surface area contributed by atoms with Crippen molar-refractivity contribution in [1.82, 2.24) is 30.1 Å². The summed E-state index contributed by atoms with van der Waals surface area (Å²) in [5.41, 5.74) is 2.20. The third kappa shape index (κ3) is 2.39. The van der Waals surface area contributed by atoms with E-state index in [2.05, 4.69) is 30.5 Å². The Balaban J connectivity index is 0.00000180. The van der Waals surface area contributed by atoms with Crippen LogP contribution in [-0.2, 0) is 9.53 Å². The van der Waals surface area contributed by atoms with E-state index in [1.807, 2.05) is 17.0 Å². The average Bonchev–Trinajstić information content (AvgIpc) is 3.23. The monoisotopic (exact) mass is 352 g/mol. The summed E-state index contributed by atoms with van der Waals surface area (Å²) in [7, 11) is 0. The van der Waals surface area contributed by atoms with Crippen molar-refractivity contribution in [3.8, 4) is 22.8 Å². The van der Waals surface area contributed by atoms with Gasteiger partial charge in [-0.15, -0.1) is 0 Å². The van der Waals surface area contributed by atoms with Crippen LogP contribution in [0.15, 0.2) is 30.9 Å². The lowest BCUT2D eigenvalue weighted by Crippen LogP contribution is -2.55. The average molecular weight is 352 g/mol. The van der Waals surface area contributed by atoms with Crippen molar-refractivity contribution >= 4 is 17.5 Å². The zero-order valence-corrected chi connectivity index (χ0v) is 13.6. The number of hydrogen-bond acceptors (Lipinski definition) is 8. The minimum atomic E-state index is -0.368. The number of amides is 1. The van der Waals surface area contributed by atoms with Gasteiger partial charge in [-0.25, -0.2) is 15.0 Å². The number of ether oxygens (including phenoxy) is 1. The van der Waals surface area contributed by atoms with Crippen LogP contribution in [0.3, 0.4) is 0 Å². The standard InChI is InChI=1S/C16H14N8O2.H2/c25-16-12-7-26-4-3-24(12)15-14(22-16)18-6-11(21-15)9-1-2-10(17-5-9)13-19-8-20-23-13;/h1-2,5-6,8,12H,3-4,7H2,(H,18,22,25)(H,19,20,23);1H. The molecule has 1 saturated heterocycles. The van der Waals surface area contributed by atoms with Crippen molar-refractivity contribution in [2.24, 2.45) is 0 Å². The molecule has 10 heteroatoms. The minimum absolute atomic E-state index is 0. The highest BCUT2D eigenvalue weighted by atomic mass is 16.5. The predicted octanol–water partition coefficient (Wildman–Crippen LogP) is 0.727. The largest absolute Gasteiger partial charge is 0.377 e. The van der Waals surface area contributed by atoms with Crippen LogP contribution in [0.25, 0.3) is 22.8 Å². The maximum atomic E-state index is 12.2. The Bertz CT molecular complexity index is 963. The number of morpholine rings is 1. The van der Waals surface area contributed by atoms with Crippen LogP contribution in [0.1, 0.15) is 1.43 Å². The second-order valence-electron chi connectivity index (χ2n) is 5.97. The van der Waals surface area contributed by atoms with Crippen LogP contribution in [0.4, 0.5) is 11.6 Å². The molecule has 0 aromatic carbocycles.